The van der Waals surface area contributed by atoms with E-state index in [1.165, 1.54) is 89.9 Å². The molecule has 0 aliphatic heterocycles. The molecule has 1 radical (unpaired) electrons. The molecule has 0 fully saturated rings. The molecule has 0 aromatic rings. The minimum absolute atomic E-state index is 0. The third kappa shape index (κ3) is 44.6. The Kier molecular flexibility index (Phi) is 32.8. The van der Waals surface area contributed by atoms with Crippen LogP contribution in [0.15, 0.2) is 0 Å². The molecule has 0 unspecified atom stereocenters. The van der Waals surface area contributed by atoms with E-state index in [0.29, 0.717) is 12.8 Å². The third-order valence-corrected chi connectivity index (χ3v) is 6.36. The van der Waals surface area contributed by atoms with Gasteiger partial charge in [0, 0.05) is 0 Å². The molecule has 8 nitrogen and oxygen atoms in total. The Labute approximate surface area is 227 Å². The summed E-state index contributed by atoms with van der Waals surface area (Å²) in [5.41, 5.74) is 0. The van der Waals surface area contributed by atoms with Gasteiger partial charge < -0.3 is 9.11 Å². The molecule has 0 rings (SSSR count). The van der Waals surface area contributed by atoms with Crippen molar-refractivity contribution >= 4 is 20.8 Å². The number of unbranched alkanes of at least 4 members (excludes halogenated alkanes) is 18. The van der Waals surface area contributed by atoms with Crippen molar-refractivity contribution in [3.63, 3.8) is 0 Å². The fourth-order valence-corrected chi connectivity index (χ4v) is 4.14. The Bertz CT molecular complexity index is 559. The van der Waals surface area contributed by atoms with Gasteiger partial charge in [0.1, 0.15) is 0 Å². The van der Waals surface area contributed by atoms with E-state index in [4.69, 9.17) is 0 Å². The van der Waals surface area contributed by atoms with Crippen LogP contribution in [0.2, 0.25) is 0 Å². The van der Waals surface area contributed by atoms with Crippen LogP contribution in [0.4, 0.5) is 0 Å². The van der Waals surface area contributed by atoms with Crippen molar-refractivity contribution < 1.29 is 51.4 Å². The van der Waals surface area contributed by atoms with E-state index in [0.717, 1.165) is 25.7 Å². The molecule has 11 heteroatoms. The smallest absolute Gasteiger partial charge is 0.726 e. The van der Waals surface area contributed by atoms with Gasteiger partial charge in [-0.25, -0.2) is 16.8 Å². The second kappa shape index (κ2) is 28.8. The Morgan fingerprint density at radius 1 is 0.429 bits per heavy atom. The topological polar surface area (TPSA) is 133 Å². The molecule has 0 heterocycles. The molecule has 0 saturated carbocycles. The third-order valence-electron chi connectivity index (χ3n) is 5.45. The molecule has 0 aliphatic rings. The van der Waals surface area contributed by atoms with E-state index in [9.17, 15) is 25.9 Å². The second-order valence-corrected chi connectivity index (χ2v) is 10.9. The zero-order valence-corrected chi connectivity index (χ0v) is 24.8. The Morgan fingerprint density at radius 3 is 0.829 bits per heavy atom. The summed E-state index contributed by atoms with van der Waals surface area (Å²) in [6.45, 7) is 4.49. The van der Waals surface area contributed by atoms with Crippen LogP contribution in [0.1, 0.15) is 142 Å². The van der Waals surface area contributed by atoms with Gasteiger partial charge in [-0.2, -0.15) is 0 Å². The van der Waals surface area contributed by atoms with Crippen molar-refractivity contribution in [2.75, 3.05) is 13.2 Å². The van der Waals surface area contributed by atoms with Gasteiger partial charge in [0.25, 0.3) is 0 Å². The average Bonchev–Trinajstić information content (AvgIpc) is 2.75. The molecule has 0 aromatic heterocycles. The van der Waals surface area contributed by atoms with Gasteiger partial charge in [0.2, 0.25) is 20.8 Å². The number of hydrogen-bond acceptors (Lipinski definition) is 8. The first kappa shape index (κ1) is 39.8. The van der Waals surface area contributed by atoms with E-state index < -0.39 is 20.8 Å². The second-order valence-electron chi connectivity index (χ2n) is 8.82. The fourth-order valence-electron chi connectivity index (χ4n) is 3.50. The van der Waals surface area contributed by atoms with Crippen LogP contribution in [-0.2, 0) is 46.2 Å². The predicted octanol–water partition coefficient (Wildman–Crippen LogP) is 6.77. The minimum Gasteiger partial charge on any atom is -0.726 e. The van der Waals surface area contributed by atoms with Crippen LogP contribution < -0.4 is 0 Å². The Balaban J connectivity index is -0.000000569. The van der Waals surface area contributed by atoms with E-state index in [-0.39, 0.29) is 30.3 Å². The van der Waals surface area contributed by atoms with Crippen molar-refractivity contribution in [3.05, 3.63) is 0 Å². The quantitative estimate of drug-likeness (QED) is 0.0525. The molecule has 0 aromatic carbocycles. The Hall–Kier alpha value is 0.259. The SMILES string of the molecule is CCCCCCCCCCCCOS(=O)(=O)[O-].CCCCCCCCCCCCOS(=O)(=O)[O-].[Mn+2]. The van der Waals surface area contributed by atoms with E-state index >= 15 is 0 Å². The Morgan fingerprint density at radius 2 is 0.629 bits per heavy atom. The monoisotopic (exact) mass is 585 g/mol. The molecule has 213 valence electrons. The maximum Gasteiger partial charge on any atom is 2.00 e. The molecule has 0 saturated heterocycles. The van der Waals surface area contributed by atoms with Crippen LogP contribution in [0.25, 0.3) is 0 Å². The molecule has 0 aliphatic carbocycles. The van der Waals surface area contributed by atoms with Crippen LogP contribution in [0.3, 0.4) is 0 Å². The van der Waals surface area contributed by atoms with Gasteiger partial charge in [-0.15, -0.1) is 0 Å². The van der Waals surface area contributed by atoms with Crippen LogP contribution in [0, 0.1) is 0 Å². The van der Waals surface area contributed by atoms with E-state index in [1.807, 2.05) is 0 Å². The summed E-state index contributed by atoms with van der Waals surface area (Å²) in [7, 11) is -8.97. The maximum absolute atomic E-state index is 10.1. The fraction of sp³-hybridized carbons (Fsp3) is 1.00. The summed E-state index contributed by atoms with van der Waals surface area (Å²) in [6.07, 6.45) is 23.4. The van der Waals surface area contributed by atoms with Gasteiger partial charge >= 0.3 is 17.1 Å². The summed E-state index contributed by atoms with van der Waals surface area (Å²) in [4.78, 5) is 0. The van der Waals surface area contributed by atoms with Crippen molar-refractivity contribution in [2.45, 2.75) is 142 Å². The van der Waals surface area contributed by atoms with Gasteiger partial charge in [-0.1, -0.05) is 129 Å². The molecule has 0 bridgehead atoms. The first-order valence-electron chi connectivity index (χ1n) is 13.3. The molecule has 0 atom stereocenters. The molecule has 0 N–H and O–H groups in total. The van der Waals surface area contributed by atoms with Crippen molar-refractivity contribution in [1.82, 2.24) is 0 Å². The van der Waals surface area contributed by atoms with E-state index in [1.54, 1.807) is 0 Å². The first-order chi connectivity index (χ1) is 16.1. The molecule has 0 spiro atoms. The van der Waals surface area contributed by atoms with Crippen LogP contribution >= 0.6 is 0 Å². The van der Waals surface area contributed by atoms with Crippen LogP contribution in [-0.4, -0.2) is 39.2 Å². The summed E-state index contributed by atoms with van der Waals surface area (Å²) in [5, 5.41) is 0. The molecule has 0 amide bonds. The zero-order chi connectivity index (χ0) is 26.0. The van der Waals surface area contributed by atoms with Gasteiger partial charge in [-0.3, -0.25) is 8.37 Å². The predicted molar refractivity (Wildman–Crippen MR) is 135 cm³/mol. The average molecular weight is 586 g/mol. The summed E-state index contributed by atoms with van der Waals surface area (Å²) < 4.78 is 68.9. The van der Waals surface area contributed by atoms with E-state index in [2.05, 4.69) is 22.2 Å². The van der Waals surface area contributed by atoms with Gasteiger partial charge in [-0.05, 0) is 12.8 Å². The van der Waals surface area contributed by atoms with Crippen molar-refractivity contribution in [3.8, 4) is 0 Å². The zero-order valence-electron chi connectivity index (χ0n) is 22.0. The largest absolute Gasteiger partial charge is 2.00 e. The normalized spacial score (nSPS) is 11.5. The number of rotatable bonds is 24. The van der Waals surface area contributed by atoms with Crippen molar-refractivity contribution in [2.24, 2.45) is 0 Å². The maximum atomic E-state index is 10.1. The summed E-state index contributed by atoms with van der Waals surface area (Å²) in [6, 6.07) is 0. The minimum atomic E-state index is -4.48. The standard InChI is InChI=1S/2C12H26O4S.Mn/c2*1-2-3-4-5-6-7-8-9-10-11-12-16-17(13,14)15;/h2*2-12H2,1H3,(H,13,14,15);/q;;+2/p-2. The molecule has 35 heavy (non-hydrogen) atoms. The summed E-state index contributed by atoms with van der Waals surface area (Å²) in [5.74, 6) is 0. The number of hydrogen-bond donors (Lipinski definition) is 0. The summed E-state index contributed by atoms with van der Waals surface area (Å²) >= 11 is 0. The van der Waals surface area contributed by atoms with Gasteiger partial charge in [0.05, 0.1) is 13.2 Å². The molecular formula is C24H50MnO8S2. The first-order valence-corrected chi connectivity index (χ1v) is 16.0. The van der Waals surface area contributed by atoms with Crippen LogP contribution in [0.5, 0.6) is 0 Å². The van der Waals surface area contributed by atoms with Gasteiger partial charge in [0.15, 0.2) is 0 Å². The van der Waals surface area contributed by atoms with Crippen molar-refractivity contribution in [1.29, 1.82) is 0 Å². The molecular weight excluding hydrogens is 535 g/mol.